The van der Waals surface area contributed by atoms with Gasteiger partial charge in [-0.15, -0.1) is 0 Å². The zero-order valence-electron chi connectivity index (χ0n) is 16.6. The monoisotopic (exact) mass is 518 g/mol. The average Bonchev–Trinajstić information content (AvgIpc) is 2.67. The molecule has 0 saturated carbocycles. The van der Waals surface area contributed by atoms with Crippen molar-refractivity contribution in [3.8, 4) is 5.75 Å². The van der Waals surface area contributed by atoms with Crippen LogP contribution in [0.5, 0.6) is 5.75 Å². The first-order valence-electron chi connectivity index (χ1n) is 9.47. The van der Waals surface area contributed by atoms with Crippen LogP contribution in [0.4, 0.5) is 0 Å². The number of hydrogen-bond donors (Lipinski definition) is 8. The number of halogens is 2. The van der Waals surface area contributed by atoms with Gasteiger partial charge in [0.15, 0.2) is 6.04 Å². The molecule has 31 heavy (non-hydrogen) atoms. The SMILES string of the molecule is C=C(N)NC1CNCC(C(=O)NCC(O)=[NH+]C(CC(=O)O)c2cc(Cl)cc(Br)c2O)C1. The number of carbonyl (C=O) groups is 2. The van der Waals surface area contributed by atoms with Gasteiger partial charge in [-0.3, -0.25) is 9.59 Å². The number of rotatable bonds is 9. The molecular weight excluding hydrogens is 494 g/mol. The van der Waals surface area contributed by atoms with Gasteiger partial charge in [0.1, 0.15) is 18.7 Å². The third-order valence-corrected chi connectivity index (χ3v) is 5.52. The summed E-state index contributed by atoms with van der Waals surface area (Å²) in [5.41, 5.74) is 5.74. The van der Waals surface area contributed by atoms with Crippen molar-refractivity contribution in [1.82, 2.24) is 16.0 Å². The van der Waals surface area contributed by atoms with E-state index < -0.39 is 18.4 Å². The zero-order chi connectivity index (χ0) is 23.1. The fourth-order valence-corrected chi connectivity index (χ4v) is 4.18. The molecule has 1 heterocycles. The minimum atomic E-state index is -1.15. The third-order valence-electron chi connectivity index (χ3n) is 4.69. The van der Waals surface area contributed by atoms with E-state index in [1.165, 1.54) is 12.1 Å². The molecule has 3 atom stereocenters. The topological polar surface area (TPSA) is 171 Å². The predicted molar refractivity (Wildman–Crippen MR) is 119 cm³/mol. The number of hydrogen-bond acceptors (Lipinski definition) is 6. The van der Waals surface area contributed by atoms with Gasteiger partial charge in [-0.05, 0) is 34.5 Å². The van der Waals surface area contributed by atoms with Crippen molar-refractivity contribution >= 4 is 45.3 Å². The van der Waals surface area contributed by atoms with E-state index in [-0.39, 0.29) is 51.1 Å². The Kier molecular flexibility index (Phi) is 8.96. The maximum absolute atomic E-state index is 12.5. The maximum atomic E-state index is 12.5. The molecule has 1 fully saturated rings. The highest BCUT2D eigenvalue weighted by atomic mass is 79.9. The highest BCUT2D eigenvalue weighted by molar-refractivity contribution is 9.10. The molecular formula is C19H26BrClN5O5+. The van der Waals surface area contributed by atoms with E-state index >= 15 is 0 Å². The molecule has 1 aliphatic rings. The number of piperidine rings is 1. The Labute approximate surface area is 192 Å². The van der Waals surface area contributed by atoms with E-state index in [1.807, 2.05) is 0 Å². The third kappa shape index (κ3) is 7.60. The summed E-state index contributed by atoms with van der Waals surface area (Å²) < 4.78 is 0.285. The zero-order valence-corrected chi connectivity index (χ0v) is 19.0. The minimum Gasteiger partial charge on any atom is -0.506 e. The Hall–Kier alpha value is -2.50. The molecule has 10 nitrogen and oxygen atoms in total. The van der Waals surface area contributed by atoms with Crippen molar-refractivity contribution < 1.29 is 29.9 Å². The second-order valence-electron chi connectivity index (χ2n) is 7.24. The van der Waals surface area contributed by atoms with E-state index in [0.29, 0.717) is 25.3 Å². The summed E-state index contributed by atoms with van der Waals surface area (Å²) in [6.07, 6.45) is 0.0938. The molecule has 1 aromatic rings. The Morgan fingerprint density at radius 1 is 1.39 bits per heavy atom. The second kappa shape index (κ2) is 11.2. The standard InChI is InChI=1S/C19H25BrClN5O5/c1-9(22)25-12-2-10(6-23-7-12)19(31)24-8-16(27)26-15(5-17(28)29)13-3-11(21)4-14(20)18(13)30/h3-4,10,12,15,23,25,30H,1-2,5-8,22H2,(H,24,31)(H,26,27)(H,28,29)/p+1. The van der Waals surface area contributed by atoms with E-state index in [0.717, 1.165) is 0 Å². The molecule has 0 radical (unpaired) electrons. The molecule has 12 heteroatoms. The van der Waals surface area contributed by atoms with Crippen molar-refractivity contribution in [2.24, 2.45) is 11.7 Å². The number of nitrogens with one attached hydrogen (secondary N) is 4. The van der Waals surface area contributed by atoms with Crippen LogP contribution in [0.25, 0.3) is 0 Å². The lowest BCUT2D eigenvalue weighted by atomic mass is 9.95. The highest BCUT2D eigenvalue weighted by Gasteiger charge is 2.29. The van der Waals surface area contributed by atoms with Crippen molar-refractivity contribution in [2.45, 2.75) is 24.9 Å². The Bertz CT molecular complexity index is 881. The fourth-order valence-electron chi connectivity index (χ4n) is 3.35. The van der Waals surface area contributed by atoms with E-state index in [9.17, 15) is 24.9 Å². The lowest BCUT2D eigenvalue weighted by Gasteiger charge is -2.30. The minimum absolute atomic E-state index is 0.0399. The lowest BCUT2D eigenvalue weighted by molar-refractivity contribution is -0.518. The van der Waals surface area contributed by atoms with Gasteiger partial charge in [0, 0.05) is 24.2 Å². The van der Waals surface area contributed by atoms with Gasteiger partial charge in [-0.1, -0.05) is 18.2 Å². The van der Waals surface area contributed by atoms with Crippen LogP contribution in [0.2, 0.25) is 5.02 Å². The van der Waals surface area contributed by atoms with Gasteiger partial charge in [0.25, 0.3) is 0 Å². The molecule has 0 spiro atoms. The number of carboxylic acids is 1. The van der Waals surface area contributed by atoms with Crippen LogP contribution in [-0.2, 0) is 9.59 Å². The number of aliphatic carboxylic acids is 1. The Morgan fingerprint density at radius 3 is 2.74 bits per heavy atom. The number of benzene rings is 1. The quantitative estimate of drug-likeness (QED) is 0.159. The number of nitrogens with two attached hydrogens (primary N) is 1. The van der Waals surface area contributed by atoms with Crippen LogP contribution in [0, 0.1) is 5.92 Å². The van der Waals surface area contributed by atoms with E-state index in [2.05, 4.69) is 43.5 Å². The van der Waals surface area contributed by atoms with E-state index in [1.54, 1.807) is 0 Å². The van der Waals surface area contributed by atoms with Gasteiger partial charge < -0.3 is 37.0 Å². The summed E-state index contributed by atoms with van der Waals surface area (Å²) >= 11 is 9.16. The molecule has 0 aliphatic carbocycles. The molecule has 9 N–H and O–H groups in total. The summed E-state index contributed by atoms with van der Waals surface area (Å²) in [5, 5.41) is 38.8. The molecule has 3 unspecified atom stereocenters. The van der Waals surface area contributed by atoms with Crippen molar-refractivity contribution in [1.29, 1.82) is 0 Å². The van der Waals surface area contributed by atoms with Crippen LogP contribution in [0.15, 0.2) is 29.0 Å². The van der Waals surface area contributed by atoms with Crippen molar-refractivity contribution in [3.63, 3.8) is 0 Å². The largest absolute Gasteiger partial charge is 0.506 e. The number of phenolic OH excluding ortho intramolecular Hbond substituents is 1. The summed E-state index contributed by atoms with van der Waals surface area (Å²) in [6, 6.07) is 1.84. The van der Waals surface area contributed by atoms with Gasteiger partial charge in [0.05, 0.1) is 21.8 Å². The van der Waals surface area contributed by atoms with Crippen molar-refractivity contribution in [3.05, 3.63) is 39.6 Å². The lowest BCUT2D eigenvalue weighted by Crippen LogP contribution is -2.76. The number of carbonyl (C=O) groups excluding carboxylic acids is 1. The first-order valence-corrected chi connectivity index (χ1v) is 10.6. The Balaban J connectivity index is 2.06. The van der Waals surface area contributed by atoms with Crippen molar-refractivity contribution in [2.75, 3.05) is 19.6 Å². The number of amides is 1. The molecule has 1 aliphatic heterocycles. The van der Waals surface area contributed by atoms with Gasteiger partial charge >= 0.3 is 11.9 Å². The van der Waals surface area contributed by atoms with Crippen LogP contribution in [0.3, 0.4) is 0 Å². The first kappa shape index (κ1) is 24.8. The summed E-state index contributed by atoms with van der Waals surface area (Å²) in [4.78, 5) is 26.4. The van der Waals surface area contributed by atoms with Crippen LogP contribution in [-0.4, -0.2) is 58.8 Å². The summed E-state index contributed by atoms with van der Waals surface area (Å²) in [6.45, 7) is 4.47. The number of aromatic hydroxyl groups is 1. The van der Waals surface area contributed by atoms with Gasteiger partial charge in [0.2, 0.25) is 5.91 Å². The number of carboxylic acid groups (broad SMARTS) is 1. The average molecular weight is 520 g/mol. The van der Waals surface area contributed by atoms with Crippen LogP contribution in [0.1, 0.15) is 24.4 Å². The summed E-state index contributed by atoms with van der Waals surface area (Å²) in [7, 11) is 0. The molecule has 1 aromatic carbocycles. The fraction of sp³-hybridized carbons (Fsp3) is 0.421. The molecule has 170 valence electrons. The molecule has 2 rings (SSSR count). The smallest absolute Gasteiger partial charge is 0.352 e. The molecule has 1 amide bonds. The summed E-state index contributed by atoms with van der Waals surface area (Å²) in [5.74, 6) is -2.02. The normalized spacial score (nSPS) is 20.0. The van der Waals surface area contributed by atoms with E-state index in [4.69, 9.17) is 17.3 Å². The molecule has 0 bridgehead atoms. The van der Waals surface area contributed by atoms with Gasteiger partial charge in [-0.25, -0.2) is 4.99 Å². The van der Waals surface area contributed by atoms with Gasteiger partial charge in [-0.2, -0.15) is 0 Å². The Morgan fingerprint density at radius 2 is 2.10 bits per heavy atom. The first-order chi connectivity index (χ1) is 14.6. The highest BCUT2D eigenvalue weighted by Crippen LogP contribution is 2.34. The number of phenols is 1. The maximum Gasteiger partial charge on any atom is 0.352 e. The van der Waals surface area contributed by atoms with Crippen LogP contribution < -0.4 is 26.7 Å². The number of aliphatic hydroxyl groups excluding tert-OH is 1. The number of aliphatic hydroxyl groups is 1. The molecule has 1 saturated heterocycles. The second-order valence-corrected chi connectivity index (χ2v) is 8.53. The predicted octanol–water partition coefficient (Wildman–Crippen LogP) is -0.525. The molecule has 0 aromatic heterocycles. The van der Waals surface area contributed by atoms with Crippen LogP contribution >= 0.6 is 27.5 Å².